The number of nitrogens with zero attached hydrogens (tertiary/aromatic N) is 2. The molecule has 0 atom stereocenters. The zero-order chi connectivity index (χ0) is 11.8. The van der Waals surface area contributed by atoms with Crippen LogP contribution in [0.1, 0.15) is 5.69 Å². The van der Waals surface area contributed by atoms with Crippen LogP contribution in [0, 0.1) is 6.92 Å². The zero-order valence-electron chi connectivity index (χ0n) is 9.25. The van der Waals surface area contributed by atoms with Crippen molar-refractivity contribution in [2.24, 2.45) is 0 Å². The molecule has 0 spiro atoms. The fourth-order valence-corrected chi connectivity index (χ4v) is 2.73. The summed E-state index contributed by atoms with van der Waals surface area (Å²) in [5.41, 5.74) is 0.913. The number of rotatable bonds is 1. The molecular weight excluding hydrogens is 232 g/mol. The highest BCUT2D eigenvalue weighted by atomic mass is 32.1. The SMILES string of the molecule is Cc1cccc(-n2sc3ccccc3c2=O)n1. The smallest absolute Gasteiger partial charge is 0.267 e. The summed E-state index contributed by atoms with van der Waals surface area (Å²) >= 11 is 1.43. The molecule has 2 heterocycles. The molecule has 0 aliphatic rings. The van der Waals surface area contributed by atoms with Crippen molar-refractivity contribution in [3.05, 3.63) is 58.5 Å². The van der Waals surface area contributed by atoms with Crippen LogP contribution < -0.4 is 5.56 Å². The van der Waals surface area contributed by atoms with E-state index >= 15 is 0 Å². The molecule has 0 saturated heterocycles. The molecule has 3 aromatic rings. The van der Waals surface area contributed by atoms with Crippen molar-refractivity contribution < 1.29 is 0 Å². The molecule has 1 aromatic carbocycles. The molecule has 0 N–H and O–H groups in total. The minimum absolute atomic E-state index is 0.00343. The van der Waals surface area contributed by atoms with Gasteiger partial charge in [-0.1, -0.05) is 18.2 Å². The molecule has 0 fully saturated rings. The first-order chi connectivity index (χ1) is 8.25. The quantitative estimate of drug-likeness (QED) is 0.657. The van der Waals surface area contributed by atoms with Crippen LogP contribution in [0.2, 0.25) is 0 Å². The summed E-state index contributed by atoms with van der Waals surface area (Å²) in [6.45, 7) is 1.92. The summed E-state index contributed by atoms with van der Waals surface area (Å²) in [7, 11) is 0. The highest BCUT2D eigenvalue weighted by Gasteiger charge is 2.08. The van der Waals surface area contributed by atoms with Crippen molar-refractivity contribution in [3.63, 3.8) is 0 Å². The predicted molar refractivity (Wildman–Crippen MR) is 70.0 cm³/mol. The van der Waals surface area contributed by atoms with E-state index in [0.717, 1.165) is 15.8 Å². The van der Waals surface area contributed by atoms with Gasteiger partial charge in [-0.25, -0.2) is 8.94 Å². The third-order valence-electron chi connectivity index (χ3n) is 2.57. The summed E-state index contributed by atoms with van der Waals surface area (Å²) in [4.78, 5) is 16.5. The van der Waals surface area contributed by atoms with Gasteiger partial charge in [0.1, 0.15) is 5.82 Å². The molecule has 4 heteroatoms. The van der Waals surface area contributed by atoms with Crippen LogP contribution in [0.4, 0.5) is 0 Å². The molecule has 2 aromatic heterocycles. The number of benzene rings is 1. The summed E-state index contributed by atoms with van der Waals surface area (Å²) in [5.74, 6) is 0.691. The van der Waals surface area contributed by atoms with E-state index in [1.54, 1.807) is 3.96 Å². The minimum atomic E-state index is 0.00343. The van der Waals surface area contributed by atoms with Crippen molar-refractivity contribution in [3.8, 4) is 5.82 Å². The van der Waals surface area contributed by atoms with Gasteiger partial charge in [0.05, 0.1) is 10.1 Å². The van der Waals surface area contributed by atoms with Crippen molar-refractivity contribution in [1.29, 1.82) is 0 Å². The Morgan fingerprint density at radius 2 is 1.94 bits per heavy atom. The second kappa shape index (κ2) is 3.82. The lowest BCUT2D eigenvalue weighted by molar-refractivity contribution is 1.03. The molecule has 0 saturated carbocycles. The Bertz CT molecular complexity index is 742. The maximum Gasteiger partial charge on any atom is 0.274 e. The topological polar surface area (TPSA) is 34.9 Å². The van der Waals surface area contributed by atoms with Gasteiger partial charge in [-0.3, -0.25) is 4.79 Å². The lowest BCUT2D eigenvalue weighted by Gasteiger charge is -1.99. The van der Waals surface area contributed by atoms with Crippen LogP contribution in [0.15, 0.2) is 47.3 Å². The summed E-state index contributed by atoms with van der Waals surface area (Å²) in [6.07, 6.45) is 0. The normalized spacial score (nSPS) is 10.9. The van der Waals surface area contributed by atoms with Crippen LogP contribution >= 0.6 is 11.5 Å². The average molecular weight is 242 g/mol. The Hall–Kier alpha value is -1.94. The number of pyridine rings is 1. The van der Waals surface area contributed by atoms with Gasteiger partial charge < -0.3 is 0 Å². The van der Waals surface area contributed by atoms with Gasteiger partial charge >= 0.3 is 0 Å². The van der Waals surface area contributed by atoms with Gasteiger partial charge in [0.25, 0.3) is 5.56 Å². The Morgan fingerprint density at radius 1 is 1.12 bits per heavy atom. The predicted octanol–water partition coefficient (Wildman–Crippen LogP) is 2.76. The first-order valence-corrected chi connectivity index (χ1v) is 6.08. The highest BCUT2D eigenvalue weighted by molar-refractivity contribution is 7.14. The first kappa shape index (κ1) is 10.2. The Labute approximate surface area is 102 Å². The fraction of sp³-hybridized carbons (Fsp3) is 0.0769. The molecular formula is C13H10N2OS. The lowest BCUT2D eigenvalue weighted by Crippen LogP contribution is -2.12. The minimum Gasteiger partial charge on any atom is -0.267 e. The largest absolute Gasteiger partial charge is 0.274 e. The van der Waals surface area contributed by atoms with Crippen LogP contribution in [0.25, 0.3) is 15.9 Å². The molecule has 0 aliphatic heterocycles. The number of aryl methyl sites for hydroxylation is 1. The maximum atomic E-state index is 12.2. The summed E-state index contributed by atoms with van der Waals surface area (Å²) in [5, 5.41) is 0.751. The van der Waals surface area contributed by atoms with Gasteiger partial charge in [-0.05, 0) is 42.7 Å². The molecule has 0 amide bonds. The summed E-state index contributed by atoms with van der Waals surface area (Å²) < 4.78 is 2.62. The van der Waals surface area contributed by atoms with Gasteiger partial charge in [-0.2, -0.15) is 0 Å². The lowest BCUT2D eigenvalue weighted by atomic mass is 10.3. The Balaban J connectivity index is 2.31. The van der Waals surface area contributed by atoms with Crippen LogP contribution in [0.3, 0.4) is 0 Å². The van der Waals surface area contributed by atoms with E-state index in [2.05, 4.69) is 4.98 Å². The second-order valence-electron chi connectivity index (χ2n) is 3.82. The number of hydrogen-bond acceptors (Lipinski definition) is 3. The van der Waals surface area contributed by atoms with Gasteiger partial charge in [-0.15, -0.1) is 0 Å². The maximum absolute atomic E-state index is 12.2. The number of fused-ring (bicyclic) bond motifs is 1. The monoisotopic (exact) mass is 242 g/mol. The van der Waals surface area contributed by atoms with Crippen LogP contribution in [-0.4, -0.2) is 8.94 Å². The van der Waals surface area contributed by atoms with E-state index in [0.29, 0.717) is 5.82 Å². The molecule has 0 unspecified atom stereocenters. The van der Waals surface area contributed by atoms with Crippen molar-refractivity contribution in [1.82, 2.24) is 8.94 Å². The number of aromatic nitrogens is 2. The third kappa shape index (κ3) is 1.66. The van der Waals surface area contributed by atoms with Gasteiger partial charge in [0, 0.05) is 5.69 Å². The van der Waals surface area contributed by atoms with Crippen molar-refractivity contribution >= 4 is 21.6 Å². The molecule has 0 aliphatic carbocycles. The van der Waals surface area contributed by atoms with E-state index in [9.17, 15) is 4.79 Å². The molecule has 3 rings (SSSR count). The Morgan fingerprint density at radius 3 is 2.71 bits per heavy atom. The molecule has 0 bridgehead atoms. The molecule has 17 heavy (non-hydrogen) atoms. The fourth-order valence-electron chi connectivity index (χ4n) is 1.76. The van der Waals surface area contributed by atoms with E-state index in [1.807, 2.05) is 49.4 Å². The van der Waals surface area contributed by atoms with Crippen LogP contribution in [-0.2, 0) is 0 Å². The second-order valence-corrected chi connectivity index (χ2v) is 4.81. The zero-order valence-corrected chi connectivity index (χ0v) is 10.1. The van der Waals surface area contributed by atoms with Crippen molar-refractivity contribution in [2.75, 3.05) is 0 Å². The van der Waals surface area contributed by atoms with Crippen molar-refractivity contribution in [2.45, 2.75) is 6.92 Å². The average Bonchev–Trinajstić information content (AvgIpc) is 2.68. The van der Waals surface area contributed by atoms with Crippen LogP contribution in [0.5, 0.6) is 0 Å². The standard InChI is InChI=1S/C13H10N2OS/c1-9-5-4-8-12(14-9)15-13(16)10-6-2-3-7-11(10)17-15/h2-8H,1H3. The van der Waals surface area contributed by atoms with E-state index in [-0.39, 0.29) is 5.56 Å². The highest BCUT2D eigenvalue weighted by Crippen LogP contribution is 2.18. The molecule has 0 radical (unpaired) electrons. The van der Waals surface area contributed by atoms with E-state index in [1.165, 1.54) is 11.5 Å². The summed E-state index contributed by atoms with van der Waals surface area (Å²) in [6, 6.07) is 13.3. The molecule has 84 valence electrons. The third-order valence-corrected chi connectivity index (χ3v) is 3.66. The van der Waals surface area contributed by atoms with E-state index in [4.69, 9.17) is 0 Å². The van der Waals surface area contributed by atoms with Gasteiger partial charge in [0.2, 0.25) is 0 Å². The van der Waals surface area contributed by atoms with E-state index < -0.39 is 0 Å². The Kier molecular flexibility index (Phi) is 2.30. The first-order valence-electron chi connectivity index (χ1n) is 5.31. The number of hydrogen-bond donors (Lipinski definition) is 0. The molecule has 3 nitrogen and oxygen atoms in total. The van der Waals surface area contributed by atoms with Gasteiger partial charge in [0.15, 0.2) is 0 Å².